The van der Waals surface area contributed by atoms with Crippen LogP contribution in [0.25, 0.3) is 11.1 Å². The van der Waals surface area contributed by atoms with Crippen molar-refractivity contribution in [1.82, 2.24) is 0 Å². The number of nitrogen functional groups attached to an aromatic ring is 1. The number of nitro groups is 1. The van der Waals surface area contributed by atoms with E-state index in [9.17, 15) is 10.1 Å². The van der Waals surface area contributed by atoms with Gasteiger partial charge in [0.05, 0.1) is 17.6 Å². The van der Waals surface area contributed by atoms with E-state index in [1.54, 1.807) is 24.3 Å². The molecule has 0 fully saturated rings. The van der Waals surface area contributed by atoms with E-state index >= 15 is 0 Å². The fourth-order valence-corrected chi connectivity index (χ4v) is 2.01. The summed E-state index contributed by atoms with van der Waals surface area (Å²) in [5, 5.41) is 11.3. The second kappa shape index (κ2) is 4.97. The molecule has 98 valence electrons. The van der Waals surface area contributed by atoms with Crippen LogP contribution < -0.4 is 10.5 Å². The molecule has 0 amide bonds. The Morgan fingerprint density at radius 2 is 1.79 bits per heavy atom. The van der Waals surface area contributed by atoms with Crippen molar-refractivity contribution in [2.75, 3.05) is 12.8 Å². The van der Waals surface area contributed by atoms with Crippen LogP contribution in [0.2, 0.25) is 0 Å². The van der Waals surface area contributed by atoms with E-state index in [-0.39, 0.29) is 11.4 Å². The van der Waals surface area contributed by atoms with E-state index in [0.717, 1.165) is 5.56 Å². The van der Waals surface area contributed by atoms with Gasteiger partial charge in [-0.1, -0.05) is 24.3 Å². The second-order valence-electron chi connectivity index (χ2n) is 4.15. The molecule has 19 heavy (non-hydrogen) atoms. The summed E-state index contributed by atoms with van der Waals surface area (Å²) in [5.41, 5.74) is 8.48. The molecule has 2 aromatic carbocycles. The van der Waals surface area contributed by atoms with Crippen molar-refractivity contribution >= 4 is 11.4 Å². The van der Waals surface area contributed by atoms with E-state index in [4.69, 9.17) is 10.5 Å². The van der Waals surface area contributed by atoms with Gasteiger partial charge in [0.1, 0.15) is 0 Å². The molecule has 0 saturated carbocycles. The fourth-order valence-electron chi connectivity index (χ4n) is 2.01. The first-order valence-corrected chi connectivity index (χ1v) is 5.73. The molecule has 2 rings (SSSR count). The highest BCUT2D eigenvalue weighted by Crippen LogP contribution is 2.40. The number of aryl methyl sites for hydroxylation is 1. The average Bonchev–Trinajstić information content (AvgIpc) is 2.40. The molecule has 0 aliphatic heterocycles. The van der Waals surface area contributed by atoms with Gasteiger partial charge in [0.15, 0.2) is 5.75 Å². The highest BCUT2D eigenvalue weighted by atomic mass is 16.6. The Balaban J connectivity index is 2.75. The van der Waals surface area contributed by atoms with Gasteiger partial charge in [0, 0.05) is 11.3 Å². The lowest BCUT2D eigenvalue weighted by Crippen LogP contribution is -1.99. The number of hydrogen-bond donors (Lipinski definition) is 1. The Morgan fingerprint density at radius 3 is 2.42 bits per heavy atom. The summed E-state index contributed by atoms with van der Waals surface area (Å²) < 4.78 is 5.06. The van der Waals surface area contributed by atoms with E-state index in [1.807, 2.05) is 19.1 Å². The second-order valence-corrected chi connectivity index (χ2v) is 4.15. The van der Waals surface area contributed by atoms with Crippen LogP contribution in [0.4, 0.5) is 11.4 Å². The van der Waals surface area contributed by atoms with Crippen LogP contribution in [0.15, 0.2) is 36.4 Å². The minimum atomic E-state index is -0.448. The van der Waals surface area contributed by atoms with E-state index in [2.05, 4.69) is 0 Å². The number of nitro benzene ring substituents is 1. The quantitative estimate of drug-likeness (QED) is 0.521. The minimum Gasteiger partial charge on any atom is -0.490 e. The minimum absolute atomic E-state index is 0.0673. The Labute approximate surface area is 110 Å². The van der Waals surface area contributed by atoms with E-state index in [1.165, 1.54) is 7.11 Å². The SMILES string of the molecule is COc1cccc(-c2cccc(C)c2N)c1[N+](=O)[O-]. The summed E-state index contributed by atoms with van der Waals surface area (Å²) in [6, 6.07) is 10.4. The van der Waals surface area contributed by atoms with Crippen LogP contribution in [0, 0.1) is 17.0 Å². The molecule has 5 nitrogen and oxygen atoms in total. The molecule has 0 atom stereocenters. The molecule has 0 aliphatic carbocycles. The molecule has 2 aromatic rings. The number of rotatable bonds is 3. The number of benzene rings is 2. The van der Waals surface area contributed by atoms with Gasteiger partial charge in [-0.2, -0.15) is 0 Å². The third-order valence-corrected chi connectivity index (χ3v) is 3.02. The number of ether oxygens (including phenoxy) is 1. The first-order valence-electron chi connectivity index (χ1n) is 5.73. The van der Waals surface area contributed by atoms with Gasteiger partial charge in [0.2, 0.25) is 0 Å². The molecule has 0 aliphatic rings. The number of methoxy groups -OCH3 is 1. The van der Waals surface area contributed by atoms with Gasteiger partial charge in [-0.3, -0.25) is 10.1 Å². The molecule has 0 spiro atoms. The van der Waals surface area contributed by atoms with Gasteiger partial charge in [-0.05, 0) is 24.6 Å². The van der Waals surface area contributed by atoms with Gasteiger partial charge in [0.25, 0.3) is 0 Å². The van der Waals surface area contributed by atoms with Crippen LogP contribution in [0.3, 0.4) is 0 Å². The zero-order valence-corrected chi connectivity index (χ0v) is 10.7. The van der Waals surface area contributed by atoms with Crippen molar-refractivity contribution in [3.05, 3.63) is 52.1 Å². The molecule has 5 heteroatoms. The van der Waals surface area contributed by atoms with Crippen molar-refractivity contribution in [3.8, 4) is 16.9 Å². The Kier molecular flexibility index (Phi) is 3.37. The number of nitrogens with zero attached hydrogens (tertiary/aromatic N) is 1. The fraction of sp³-hybridized carbons (Fsp3) is 0.143. The topological polar surface area (TPSA) is 78.4 Å². The predicted octanol–water partition coefficient (Wildman–Crippen LogP) is 3.16. The molecular formula is C14H14N2O3. The van der Waals surface area contributed by atoms with Gasteiger partial charge >= 0.3 is 5.69 Å². The van der Waals surface area contributed by atoms with E-state index in [0.29, 0.717) is 16.8 Å². The third kappa shape index (κ3) is 2.22. The average molecular weight is 258 g/mol. The highest BCUT2D eigenvalue weighted by Gasteiger charge is 2.22. The zero-order valence-electron chi connectivity index (χ0n) is 10.7. The summed E-state index contributed by atoms with van der Waals surface area (Å²) in [6.45, 7) is 1.87. The first kappa shape index (κ1) is 12.9. The first-order chi connectivity index (χ1) is 9.06. The summed E-state index contributed by atoms with van der Waals surface area (Å²) in [6.07, 6.45) is 0. The Bertz CT molecular complexity index is 639. The zero-order chi connectivity index (χ0) is 14.0. The number of nitrogens with two attached hydrogens (primary N) is 1. The summed E-state index contributed by atoms with van der Waals surface area (Å²) in [5.74, 6) is 0.225. The molecule has 0 heterocycles. The van der Waals surface area contributed by atoms with Crippen molar-refractivity contribution in [2.24, 2.45) is 0 Å². The maximum absolute atomic E-state index is 11.3. The summed E-state index contributed by atoms with van der Waals surface area (Å²) in [7, 11) is 1.41. The predicted molar refractivity (Wildman–Crippen MR) is 74.2 cm³/mol. The van der Waals surface area contributed by atoms with Crippen LogP contribution in [0.1, 0.15) is 5.56 Å². The largest absolute Gasteiger partial charge is 0.490 e. The van der Waals surface area contributed by atoms with Crippen molar-refractivity contribution in [1.29, 1.82) is 0 Å². The molecule has 0 unspecified atom stereocenters. The standard InChI is InChI=1S/C14H14N2O3/c1-9-5-3-6-10(13(9)15)11-7-4-8-12(19-2)14(11)16(17)18/h3-8H,15H2,1-2H3. The normalized spacial score (nSPS) is 10.2. The lowest BCUT2D eigenvalue weighted by Gasteiger charge is -2.10. The maximum Gasteiger partial charge on any atom is 0.318 e. The number of para-hydroxylation sites is 2. The molecular weight excluding hydrogens is 244 g/mol. The molecule has 0 bridgehead atoms. The molecule has 0 radical (unpaired) electrons. The molecule has 0 saturated heterocycles. The monoisotopic (exact) mass is 258 g/mol. The van der Waals surface area contributed by atoms with Gasteiger partial charge in [-0.15, -0.1) is 0 Å². The van der Waals surface area contributed by atoms with Crippen LogP contribution in [-0.2, 0) is 0 Å². The van der Waals surface area contributed by atoms with Crippen LogP contribution in [-0.4, -0.2) is 12.0 Å². The number of hydrogen-bond acceptors (Lipinski definition) is 4. The van der Waals surface area contributed by atoms with Crippen molar-refractivity contribution < 1.29 is 9.66 Å². The van der Waals surface area contributed by atoms with Crippen molar-refractivity contribution in [2.45, 2.75) is 6.92 Å². The Hall–Kier alpha value is -2.56. The Morgan fingerprint density at radius 1 is 1.16 bits per heavy atom. The number of anilines is 1. The lowest BCUT2D eigenvalue weighted by atomic mass is 9.99. The highest BCUT2D eigenvalue weighted by molar-refractivity contribution is 5.85. The van der Waals surface area contributed by atoms with E-state index < -0.39 is 4.92 Å². The lowest BCUT2D eigenvalue weighted by molar-refractivity contribution is -0.385. The van der Waals surface area contributed by atoms with Crippen molar-refractivity contribution in [3.63, 3.8) is 0 Å². The summed E-state index contributed by atoms with van der Waals surface area (Å²) >= 11 is 0. The maximum atomic E-state index is 11.3. The van der Waals surface area contributed by atoms with Gasteiger partial charge in [-0.25, -0.2) is 0 Å². The molecule has 0 aromatic heterocycles. The van der Waals surface area contributed by atoms with Crippen LogP contribution >= 0.6 is 0 Å². The van der Waals surface area contributed by atoms with Crippen LogP contribution in [0.5, 0.6) is 5.75 Å². The smallest absolute Gasteiger partial charge is 0.318 e. The summed E-state index contributed by atoms with van der Waals surface area (Å²) in [4.78, 5) is 10.8. The molecule has 2 N–H and O–H groups in total. The third-order valence-electron chi connectivity index (χ3n) is 3.02. The van der Waals surface area contributed by atoms with Gasteiger partial charge < -0.3 is 10.5 Å².